The summed E-state index contributed by atoms with van der Waals surface area (Å²) in [5, 5.41) is 7.77. The van der Waals surface area contributed by atoms with Crippen molar-refractivity contribution < 1.29 is 9.47 Å². The normalized spacial score (nSPS) is 15.6. The van der Waals surface area contributed by atoms with Gasteiger partial charge in [0.25, 0.3) is 0 Å². The van der Waals surface area contributed by atoms with Crippen molar-refractivity contribution in [3.8, 4) is 0 Å². The molecule has 3 aromatic carbocycles. The van der Waals surface area contributed by atoms with Crippen LogP contribution in [-0.4, -0.2) is 27.4 Å². The molecule has 5 rings (SSSR count). The van der Waals surface area contributed by atoms with Gasteiger partial charge in [-0.15, -0.1) is 0 Å². The summed E-state index contributed by atoms with van der Waals surface area (Å²) in [6.07, 6.45) is 9.03. The minimum absolute atomic E-state index is 0.203. The van der Waals surface area contributed by atoms with E-state index in [1.807, 2.05) is 0 Å². The maximum Gasteiger partial charge on any atom is 0.0610 e. The molecular weight excluding hydrogens is 332 g/mol. The van der Waals surface area contributed by atoms with E-state index in [0.29, 0.717) is 13.2 Å². The topological polar surface area (TPSA) is 18.5 Å². The van der Waals surface area contributed by atoms with Gasteiger partial charge < -0.3 is 9.47 Å². The fourth-order valence-corrected chi connectivity index (χ4v) is 4.42. The van der Waals surface area contributed by atoms with E-state index >= 15 is 0 Å². The Labute approximate surface area is 158 Å². The molecule has 0 saturated carbocycles. The van der Waals surface area contributed by atoms with Crippen LogP contribution >= 0.6 is 0 Å². The van der Waals surface area contributed by atoms with Gasteiger partial charge in [-0.05, 0) is 73.1 Å². The minimum Gasteiger partial charge on any atom is -0.383 e. The van der Waals surface area contributed by atoms with Crippen LogP contribution < -0.4 is 10.4 Å². The Hall–Kier alpha value is -2.68. The molecule has 0 N–H and O–H groups in total. The molecule has 0 saturated heterocycles. The summed E-state index contributed by atoms with van der Waals surface area (Å²) >= 11 is 0. The zero-order chi connectivity index (χ0) is 18.4. The lowest BCUT2D eigenvalue weighted by Gasteiger charge is -2.28. The SMILES string of the molecule is COCC1(COC)C=Cc2cc3c(cc2=C1)C=c1cc2ccccc2cc1=3. The van der Waals surface area contributed by atoms with E-state index in [9.17, 15) is 0 Å². The molecule has 0 aliphatic heterocycles. The van der Waals surface area contributed by atoms with Crippen molar-refractivity contribution in [2.45, 2.75) is 0 Å². The number of ether oxygens (including phenoxy) is 2. The molecule has 134 valence electrons. The summed E-state index contributed by atoms with van der Waals surface area (Å²) in [5.74, 6) is 0. The summed E-state index contributed by atoms with van der Waals surface area (Å²) in [6, 6.07) is 17.8. The predicted octanol–water partition coefficient (Wildman–Crippen LogP) is 3.36. The second kappa shape index (κ2) is 6.19. The highest BCUT2D eigenvalue weighted by Gasteiger charge is 2.27. The molecule has 0 bridgehead atoms. The van der Waals surface area contributed by atoms with Gasteiger partial charge in [0.15, 0.2) is 0 Å². The third-order valence-corrected chi connectivity index (χ3v) is 5.64. The largest absolute Gasteiger partial charge is 0.383 e. The van der Waals surface area contributed by atoms with Gasteiger partial charge >= 0.3 is 0 Å². The molecule has 0 aromatic heterocycles. The predicted molar refractivity (Wildman–Crippen MR) is 111 cm³/mol. The first kappa shape index (κ1) is 16.5. The van der Waals surface area contributed by atoms with Crippen LogP contribution in [0, 0.1) is 15.9 Å². The summed E-state index contributed by atoms with van der Waals surface area (Å²) in [4.78, 5) is 0. The van der Waals surface area contributed by atoms with Gasteiger partial charge in [-0.25, -0.2) is 0 Å². The van der Waals surface area contributed by atoms with Crippen LogP contribution in [0.15, 0.2) is 54.6 Å². The van der Waals surface area contributed by atoms with Crippen molar-refractivity contribution >= 4 is 29.0 Å². The number of methoxy groups -OCH3 is 2. The molecule has 0 amide bonds. The Balaban J connectivity index is 1.77. The summed E-state index contributed by atoms with van der Waals surface area (Å²) < 4.78 is 10.9. The highest BCUT2D eigenvalue weighted by molar-refractivity contribution is 5.83. The number of fused-ring (bicyclic) bond motifs is 4. The molecule has 0 radical (unpaired) electrons. The van der Waals surface area contributed by atoms with Gasteiger partial charge in [-0.1, -0.05) is 42.5 Å². The van der Waals surface area contributed by atoms with E-state index in [1.165, 1.54) is 42.8 Å². The van der Waals surface area contributed by atoms with Crippen LogP contribution in [0.25, 0.3) is 29.0 Å². The van der Waals surface area contributed by atoms with Crippen LogP contribution in [0.1, 0.15) is 11.1 Å². The third kappa shape index (κ3) is 2.64. The molecule has 3 aromatic rings. The maximum absolute atomic E-state index is 5.47. The Kier molecular flexibility index (Phi) is 3.78. The summed E-state index contributed by atoms with van der Waals surface area (Å²) in [7, 11) is 3.48. The highest BCUT2D eigenvalue weighted by atomic mass is 16.5. The van der Waals surface area contributed by atoms with E-state index < -0.39 is 0 Å². The molecule has 0 atom stereocenters. The zero-order valence-corrected chi connectivity index (χ0v) is 15.7. The van der Waals surface area contributed by atoms with Gasteiger partial charge in [0, 0.05) is 14.2 Å². The van der Waals surface area contributed by atoms with Gasteiger partial charge in [0.05, 0.1) is 18.6 Å². The van der Waals surface area contributed by atoms with Crippen molar-refractivity contribution in [1.82, 2.24) is 0 Å². The van der Waals surface area contributed by atoms with Gasteiger partial charge in [0.2, 0.25) is 0 Å². The molecular formula is C25H22O2. The second-order valence-electron chi connectivity index (χ2n) is 7.58. The molecule has 2 nitrogen and oxygen atoms in total. The van der Waals surface area contributed by atoms with Crippen LogP contribution in [0.4, 0.5) is 0 Å². The highest BCUT2D eigenvalue weighted by Crippen LogP contribution is 2.27. The van der Waals surface area contributed by atoms with Crippen molar-refractivity contribution in [1.29, 1.82) is 0 Å². The molecule has 0 fully saturated rings. The van der Waals surface area contributed by atoms with Gasteiger partial charge in [0.1, 0.15) is 0 Å². The molecule has 0 heterocycles. The smallest absolute Gasteiger partial charge is 0.0610 e. The number of hydrogen-bond donors (Lipinski definition) is 0. The van der Waals surface area contributed by atoms with E-state index in [-0.39, 0.29) is 5.41 Å². The Bertz CT molecular complexity index is 1290. The molecule has 27 heavy (non-hydrogen) atoms. The molecule has 2 heteroatoms. The Morgan fingerprint density at radius 2 is 1.52 bits per heavy atom. The van der Waals surface area contributed by atoms with Gasteiger partial charge in [-0.2, -0.15) is 0 Å². The molecule has 0 unspecified atom stereocenters. The lowest BCUT2D eigenvalue weighted by Crippen LogP contribution is -2.32. The van der Waals surface area contributed by atoms with E-state index in [1.54, 1.807) is 14.2 Å². The first-order valence-corrected chi connectivity index (χ1v) is 9.30. The van der Waals surface area contributed by atoms with E-state index in [0.717, 1.165) is 0 Å². The fraction of sp³-hybridized carbons (Fsp3) is 0.200. The lowest BCUT2D eigenvalue weighted by atomic mass is 9.83. The zero-order valence-electron chi connectivity index (χ0n) is 15.7. The quantitative estimate of drug-likeness (QED) is 0.560. The van der Waals surface area contributed by atoms with E-state index in [4.69, 9.17) is 9.47 Å². The number of hydrogen-bond acceptors (Lipinski definition) is 2. The van der Waals surface area contributed by atoms with Gasteiger partial charge in [-0.3, -0.25) is 0 Å². The van der Waals surface area contributed by atoms with Crippen LogP contribution in [-0.2, 0) is 9.47 Å². The summed E-state index contributed by atoms with van der Waals surface area (Å²) in [6.45, 7) is 1.23. The first-order valence-electron chi connectivity index (χ1n) is 9.30. The number of benzene rings is 3. The minimum atomic E-state index is -0.203. The standard InChI is InChI=1S/C25H22O2/c1-26-15-25(16-27-2)8-7-19-13-24-21(11-22(19)14-25)10-20-9-17-5-3-4-6-18(17)12-23(20)24/h3-14H,15-16H2,1-2H3. The maximum atomic E-state index is 5.47. The summed E-state index contributed by atoms with van der Waals surface area (Å²) in [5.41, 5.74) is 2.34. The number of rotatable bonds is 4. The molecule has 2 aliphatic carbocycles. The van der Waals surface area contributed by atoms with Crippen molar-refractivity contribution in [2.75, 3.05) is 27.4 Å². The van der Waals surface area contributed by atoms with Crippen LogP contribution in [0.3, 0.4) is 0 Å². The monoisotopic (exact) mass is 354 g/mol. The Morgan fingerprint density at radius 1 is 0.778 bits per heavy atom. The average molecular weight is 354 g/mol. The third-order valence-electron chi connectivity index (χ3n) is 5.64. The van der Waals surface area contributed by atoms with Crippen molar-refractivity contribution in [2.24, 2.45) is 5.41 Å². The molecule has 0 spiro atoms. The van der Waals surface area contributed by atoms with Crippen molar-refractivity contribution in [3.05, 3.63) is 86.6 Å². The van der Waals surface area contributed by atoms with Crippen molar-refractivity contribution in [3.63, 3.8) is 0 Å². The fourth-order valence-electron chi connectivity index (χ4n) is 4.42. The van der Waals surface area contributed by atoms with E-state index in [2.05, 4.69) is 72.8 Å². The average Bonchev–Trinajstić information content (AvgIpc) is 3.01. The Morgan fingerprint density at radius 3 is 2.26 bits per heavy atom. The first-order chi connectivity index (χ1) is 13.2. The second-order valence-corrected chi connectivity index (χ2v) is 7.58. The van der Waals surface area contributed by atoms with Crippen LogP contribution in [0.2, 0.25) is 0 Å². The lowest BCUT2D eigenvalue weighted by molar-refractivity contribution is 0.0758. The molecule has 2 aliphatic rings. The van der Waals surface area contributed by atoms with Crippen LogP contribution in [0.5, 0.6) is 0 Å².